The molecule has 70 valence electrons. The Kier molecular flexibility index (Phi) is 3.64. The third-order valence-corrected chi connectivity index (χ3v) is 2.87. The highest BCUT2D eigenvalue weighted by Crippen LogP contribution is 2.19. The molecule has 0 N–H and O–H groups in total. The van der Waals surface area contributed by atoms with E-state index < -0.39 is 0 Å². The van der Waals surface area contributed by atoms with Crippen LogP contribution in [0.15, 0.2) is 12.3 Å². The van der Waals surface area contributed by atoms with Crippen LogP contribution in [0.3, 0.4) is 0 Å². The van der Waals surface area contributed by atoms with E-state index in [0.29, 0.717) is 0 Å². The van der Waals surface area contributed by atoms with Crippen molar-refractivity contribution in [2.45, 2.75) is 39.5 Å². The van der Waals surface area contributed by atoms with Crippen molar-refractivity contribution in [2.24, 2.45) is 5.92 Å². The van der Waals surface area contributed by atoms with Crippen molar-refractivity contribution in [3.05, 3.63) is 12.3 Å². The van der Waals surface area contributed by atoms with E-state index in [-0.39, 0.29) is 0 Å². The molecule has 0 unspecified atom stereocenters. The largest absolute Gasteiger partial charge is 0.375 e. The molecule has 1 heterocycles. The third-order valence-electron chi connectivity index (χ3n) is 2.87. The number of nitrogens with zero attached hydrogens (tertiary/aromatic N) is 1. The van der Waals surface area contributed by atoms with E-state index in [9.17, 15) is 0 Å². The Bertz CT molecular complexity index is 151. The Morgan fingerprint density at radius 2 is 2.17 bits per heavy atom. The number of likely N-dealkylation sites (tertiary alicyclic amines) is 1. The summed E-state index contributed by atoms with van der Waals surface area (Å²) in [4.78, 5) is 2.46. The van der Waals surface area contributed by atoms with Crippen LogP contribution in [-0.4, -0.2) is 18.0 Å². The topological polar surface area (TPSA) is 3.24 Å². The summed E-state index contributed by atoms with van der Waals surface area (Å²) in [6.45, 7) is 11.1. The number of hydrogen-bond donors (Lipinski definition) is 0. The molecule has 1 heteroatoms. The lowest BCUT2D eigenvalue weighted by Gasteiger charge is -2.24. The van der Waals surface area contributed by atoms with Crippen LogP contribution in [0.4, 0.5) is 0 Å². The molecule has 1 aliphatic rings. The molecule has 1 atom stereocenters. The zero-order valence-corrected chi connectivity index (χ0v) is 8.47. The van der Waals surface area contributed by atoms with Gasteiger partial charge in [-0.05, 0) is 31.6 Å². The van der Waals surface area contributed by atoms with Crippen molar-refractivity contribution in [3.63, 3.8) is 0 Å². The molecule has 0 aromatic heterocycles. The van der Waals surface area contributed by atoms with Gasteiger partial charge in [0.15, 0.2) is 0 Å². The summed E-state index contributed by atoms with van der Waals surface area (Å²) < 4.78 is 0. The first-order chi connectivity index (χ1) is 5.74. The second kappa shape index (κ2) is 4.54. The molecule has 0 saturated carbocycles. The van der Waals surface area contributed by atoms with Gasteiger partial charge in [-0.3, -0.25) is 0 Å². The quantitative estimate of drug-likeness (QED) is 0.611. The lowest BCUT2D eigenvalue weighted by atomic mass is 10.0. The molecule has 0 aromatic carbocycles. The molecule has 0 aromatic rings. The summed E-state index contributed by atoms with van der Waals surface area (Å²) >= 11 is 0. The Balaban J connectivity index is 2.40. The van der Waals surface area contributed by atoms with Crippen LogP contribution < -0.4 is 0 Å². The molecule has 1 aliphatic heterocycles. The van der Waals surface area contributed by atoms with Gasteiger partial charge >= 0.3 is 0 Å². The van der Waals surface area contributed by atoms with Gasteiger partial charge in [0.05, 0.1) is 0 Å². The second-order valence-corrected chi connectivity index (χ2v) is 3.94. The molecule has 0 radical (unpaired) electrons. The second-order valence-electron chi connectivity index (χ2n) is 3.94. The maximum Gasteiger partial charge on any atom is 0.0177 e. The zero-order chi connectivity index (χ0) is 8.97. The summed E-state index contributed by atoms with van der Waals surface area (Å²) in [6.07, 6.45) is 5.20. The van der Waals surface area contributed by atoms with Gasteiger partial charge in [0.2, 0.25) is 0 Å². The molecule has 1 rings (SSSR count). The normalized spacial score (nSPS) is 25.2. The molecule has 0 amide bonds. The monoisotopic (exact) mass is 167 g/mol. The molecule has 1 saturated heterocycles. The molecular weight excluding hydrogens is 146 g/mol. The maximum absolute atomic E-state index is 4.09. The van der Waals surface area contributed by atoms with Gasteiger partial charge in [0.25, 0.3) is 0 Å². The summed E-state index contributed by atoms with van der Waals surface area (Å²) in [7, 11) is 0. The molecule has 0 bridgehead atoms. The van der Waals surface area contributed by atoms with Crippen LogP contribution in [0.1, 0.15) is 39.5 Å². The van der Waals surface area contributed by atoms with Crippen LogP contribution in [0.2, 0.25) is 0 Å². The highest BCUT2D eigenvalue weighted by atomic mass is 15.1. The van der Waals surface area contributed by atoms with Gasteiger partial charge in [-0.15, -0.1) is 0 Å². The Labute approximate surface area is 76.5 Å². The van der Waals surface area contributed by atoms with E-state index in [1.165, 1.54) is 38.0 Å². The Hall–Kier alpha value is -0.460. The predicted octanol–water partition coefficient (Wildman–Crippen LogP) is 3.03. The van der Waals surface area contributed by atoms with E-state index in [2.05, 4.69) is 25.3 Å². The smallest absolute Gasteiger partial charge is 0.0177 e. The summed E-state index contributed by atoms with van der Waals surface area (Å²) in [5.74, 6) is 0.916. The molecule has 12 heavy (non-hydrogen) atoms. The fourth-order valence-corrected chi connectivity index (χ4v) is 1.80. The van der Waals surface area contributed by atoms with Crippen molar-refractivity contribution >= 4 is 0 Å². The first-order valence-electron chi connectivity index (χ1n) is 5.16. The minimum Gasteiger partial charge on any atom is -0.375 e. The average molecular weight is 167 g/mol. The Morgan fingerprint density at radius 1 is 1.42 bits per heavy atom. The van der Waals surface area contributed by atoms with Crippen LogP contribution in [0, 0.1) is 5.92 Å². The van der Waals surface area contributed by atoms with Crippen LogP contribution in [0.5, 0.6) is 0 Å². The van der Waals surface area contributed by atoms with E-state index in [0.717, 1.165) is 12.3 Å². The highest BCUT2D eigenvalue weighted by Gasteiger charge is 2.13. The van der Waals surface area contributed by atoms with Gasteiger partial charge in [0, 0.05) is 18.8 Å². The summed E-state index contributed by atoms with van der Waals surface area (Å²) in [5, 5.41) is 0. The first-order valence-corrected chi connectivity index (χ1v) is 5.16. The van der Waals surface area contributed by atoms with Gasteiger partial charge in [-0.2, -0.15) is 0 Å². The minimum absolute atomic E-state index is 0.916. The molecular formula is C11H21N. The van der Waals surface area contributed by atoms with Gasteiger partial charge in [0.1, 0.15) is 0 Å². The molecule has 1 nitrogen and oxygen atoms in total. The van der Waals surface area contributed by atoms with Crippen LogP contribution in [0.25, 0.3) is 0 Å². The lowest BCUT2D eigenvalue weighted by molar-refractivity contribution is 0.345. The minimum atomic E-state index is 0.916. The lowest BCUT2D eigenvalue weighted by Crippen LogP contribution is -2.23. The number of rotatable bonds is 2. The van der Waals surface area contributed by atoms with E-state index in [4.69, 9.17) is 0 Å². The van der Waals surface area contributed by atoms with E-state index in [1.54, 1.807) is 0 Å². The van der Waals surface area contributed by atoms with Crippen LogP contribution in [-0.2, 0) is 0 Å². The first kappa shape index (κ1) is 9.63. The van der Waals surface area contributed by atoms with Crippen molar-refractivity contribution in [3.8, 4) is 0 Å². The SMILES string of the molecule is C=C(CC)N1CCC[C@@H](C)CC1. The molecule has 0 spiro atoms. The summed E-state index contributed by atoms with van der Waals surface area (Å²) in [6, 6.07) is 0. The third kappa shape index (κ3) is 2.54. The molecule has 1 fully saturated rings. The van der Waals surface area contributed by atoms with Gasteiger partial charge in [-0.1, -0.05) is 20.4 Å². The zero-order valence-electron chi connectivity index (χ0n) is 8.47. The average Bonchev–Trinajstić information content (AvgIpc) is 2.29. The fourth-order valence-electron chi connectivity index (χ4n) is 1.80. The standard InChI is InChI=1S/C11H21N/c1-4-11(3)12-8-5-6-10(2)7-9-12/h10H,3-9H2,1-2H3/t10-/m1/s1. The van der Waals surface area contributed by atoms with Crippen molar-refractivity contribution < 1.29 is 0 Å². The van der Waals surface area contributed by atoms with Crippen molar-refractivity contribution in [1.29, 1.82) is 0 Å². The predicted molar refractivity (Wildman–Crippen MR) is 54.0 cm³/mol. The van der Waals surface area contributed by atoms with E-state index >= 15 is 0 Å². The van der Waals surface area contributed by atoms with Gasteiger partial charge < -0.3 is 4.90 Å². The maximum atomic E-state index is 4.09. The van der Waals surface area contributed by atoms with Crippen LogP contribution >= 0.6 is 0 Å². The van der Waals surface area contributed by atoms with Crippen molar-refractivity contribution in [1.82, 2.24) is 4.90 Å². The Morgan fingerprint density at radius 3 is 2.83 bits per heavy atom. The fraction of sp³-hybridized carbons (Fsp3) is 0.818. The number of allylic oxidation sites excluding steroid dienone is 1. The van der Waals surface area contributed by atoms with Crippen molar-refractivity contribution in [2.75, 3.05) is 13.1 Å². The number of hydrogen-bond acceptors (Lipinski definition) is 1. The highest BCUT2D eigenvalue weighted by molar-refractivity contribution is 4.93. The summed E-state index contributed by atoms with van der Waals surface area (Å²) in [5.41, 5.74) is 1.32. The van der Waals surface area contributed by atoms with Gasteiger partial charge in [-0.25, -0.2) is 0 Å². The van der Waals surface area contributed by atoms with E-state index in [1.807, 2.05) is 0 Å². The molecule has 0 aliphatic carbocycles.